The molecule has 0 unspecified atom stereocenters. The first-order chi connectivity index (χ1) is 8.09. The Balaban J connectivity index is 2.44. The topological polar surface area (TPSA) is 37.3 Å². The molecule has 2 aromatic carbocycles. The lowest BCUT2D eigenvalue weighted by Crippen LogP contribution is -2.01. The van der Waals surface area contributed by atoms with Crippen molar-refractivity contribution in [3.8, 4) is 5.75 Å². The highest BCUT2D eigenvalue weighted by molar-refractivity contribution is 6.36. The number of aromatic hydroxyl groups is 1. The molecule has 2 aromatic rings. The number of ketones is 1. The molecule has 2 rings (SSSR count). The number of hydrogen-bond donors (Lipinski definition) is 1. The SMILES string of the molecule is O=C(c1ccc(Cl)cc1)c1cccc(O)c1Cl. The summed E-state index contributed by atoms with van der Waals surface area (Å²) < 4.78 is 0. The molecule has 0 amide bonds. The van der Waals surface area contributed by atoms with Crippen molar-refractivity contribution in [2.24, 2.45) is 0 Å². The van der Waals surface area contributed by atoms with Gasteiger partial charge in [-0.3, -0.25) is 4.79 Å². The van der Waals surface area contributed by atoms with Gasteiger partial charge >= 0.3 is 0 Å². The highest BCUT2D eigenvalue weighted by atomic mass is 35.5. The zero-order valence-electron chi connectivity index (χ0n) is 8.65. The highest BCUT2D eigenvalue weighted by Gasteiger charge is 2.14. The van der Waals surface area contributed by atoms with E-state index >= 15 is 0 Å². The van der Waals surface area contributed by atoms with Crippen molar-refractivity contribution in [1.82, 2.24) is 0 Å². The molecule has 0 bridgehead atoms. The molecule has 0 aliphatic carbocycles. The molecule has 2 nitrogen and oxygen atoms in total. The molecule has 0 aromatic heterocycles. The van der Waals surface area contributed by atoms with Crippen LogP contribution in [0.25, 0.3) is 0 Å². The molecule has 0 aliphatic heterocycles. The minimum absolute atomic E-state index is 0.0625. The molecule has 0 aliphatic rings. The van der Waals surface area contributed by atoms with Crippen molar-refractivity contribution >= 4 is 29.0 Å². The van der Waals surface area contributed by atoms with E-state index in [0.29, 0.717) is 10.6 Å². The maximum Gasteiger partial charge on any atom is 0.194 e. The van der Waals surface area contributed by atoms with Gasteiger partial charge in [0, 0.05) is 16.1 Å². The smallest absolute Gasteiger partial charge is 0.194 e. The first-order valence-corrected chi connectivity index (χ1v) is 5.63. The predicted octanol–water partition coefficient (Wildman–Crippen LogP) is 3.93. The third kappa shape index (κ3) is 2.43. The van der Waals surface area contributed by atoms with Gasteiger partial charge in [0.05, 0.1) is 5.02 Å². The number of rotatable bonds is 2. The molecule has 86 valence electrons. The van der Waals surface area contributed by atoms with Gasteiger partial charge < -0.3 is 5.11 Å². The van der Waals surface area contributed by atoms with Crippen molar-refractivity contribution in [2.45, 2.75) is 0 Å². The highest BCUT2D eigenvalue weighted by Crippen LogP contribution is 2.28. The molecule has 4 heteroatoms. The Kier molecular flexibility index (Phi) is 3.36. The number of carbonyl (C=O) groups is 1. The van der Waals surface area contributed by atoms with Crippen LogP contribution in [-0.2, 0) is 0 Å². The molecular formula is C13H8Cl2O2. The van der Waals surface area contributed by atoms with Gasteiger partial charge in [-0.05, 0) is 36.4 Å². The predicted molar refractivity (Wildman–Crippen MR) is 68.0 cm³/mol. The summed E-state index contributed by atoms with van der Waals surface area (Å²) in [6.45, 7) is 0. The minimum atomic E-state index is -0.248. The molecule has 0 radical (unpaired) electrons. The van der Waals surface area contributed by atoms with Gasteiger partial charge in [0.25, 0.3) is 0 Å². The largest absolute Gasteiger partial charge is 0.506 e. The Hall–Kier alpha value is -1.51. The fraction of sp³-hybridized carbons (Fsp3) is 0. The number of phenolic OH excluding ortho intramolecular Hbond substituents is 1. The third-order valence-corrected chi connectivity index (χ3v) is 2.98. The van der Waals surface area contributed by atoms with Gasteiger partial charge in [-0.15, -0.1) is 0 Å². The first-order valence-electron chi connectivity index (χ1n) is 4.87. The second-order valence-electron chi connectivity index (χ2n) is 3.47. The van der Waals surface area contributed by atoms with E-state index in [4.69, 9.17) is 23.2 Å². The molecule has 0 atom stereocenters. The average Bonchev–Trinajstić information content (AvgIpc) is 2.33. The Bertz CT molecular complexity index is 562. The van der Waals surface area contributed by atoms with Crippen LogP contribution in [0.5, 0.6) is 5.75 Å². The molecular weight excluding hydrogens is 259 g/mol. The van der Waals surface area contributed by atoms with Crippen LogP contribution in [0, 0.1) is 0 Å². The van der Waals surface area contributed by atoms with Crippen LogP contribution in [0.4, 0.5) is 0 Å². The van der Waals surface area contributed by atoms with Gasteiger partial charge in [0.15, 0.2) is 5.78 Å². The summed E-state index contributed by atoms with van der Waals surface area (Å²) in [7, 11) is 0. The van der Waals surface area contributed by atoms with E-state index in [2.05, 4.69) is 0 Å². The summed E-state index contributed by atoms with van der Waals surface area (Å²) in [5.74, 6) is -0.353. The van der Waals surface area contributed by atoms with Gasteiger partial charge in [-0.1, -0.05) is 29.3 Å². The molecule has 0 saturated carbocycles. The molecule has 0 fully saturated rings. The van der Waals surface area contributed by atoms with E-state index in [1.165, 1.54) is 6.07 Å². The lowest BCUT2D eigenvalue weighted by Gasteiger charge is -2.05. The number of phenols is 1. The van der Waals surface area contributed by atoms with Crippen molar-refractivity contribution in [3.63, 3.8) is 0 Å². The van der Waals surface area contributed by atoms with E-state index < -0.39 is 0 Å². The Labute approximate surface area is 108 Å². The van der Waals surface area contributed by atoms with Gasteiger partial charge in [0.1, 0.15) is 5.75 Å². The number of halogens is 2. The Morgan fingerprint density at radius 2 is 1.65 bits per heavy atom. The minimum Gasteiger partial charge on any atom is -0.506 e. The van der Waals surface area contributed by atoms with Crippen LogP contribution in [-0.4, -0.2) is 10.9 Å². The van der Waals surface area contributed by atoms with Crippen LogP contribution in [0.1, 0.15) is 15.9 Å². The standard InChI is InChI=1S/C13H8Cl2O2/c14-9-6-4-8(5-7-9)13(17)10-2-1-3-11(16)12(10)15/h1-7,16H. The van der Waals surface area contributed by atoms with Crippen LogP contribution in [0.3, 0.4) is 0 Å². The van der Waals surface area contributed by atoms with E-state index in [-0.39, 0.29) is 22.1 Å². The zero-order valence-corrected chi connectivity index (χ0v) is 10.2. The molecule has 1 N–H and O–H groups in total. The van der Waals surface area contributed by atoms with Crippen molar-refractivity contribution < 1.29 is 9.90 Å². The fourth-order valence-electron chi connectivity index (χ4n) is 1.45. The number of carbonyl (C=O) groups excluding carboxylic acids is 1. The lowest BCUT2D eigenvalue weighted by atomic mass is 10.0. The van der Waals surface area contributed by atoms with Crippen LogP contribution >= 0.6 is 23.2 Å². The third-order valence-electron chi connectivity index (χ3n) is 2.33. The molecule has 0 spiro atoms. The monoisotopic (exact) mass is 266 g/mol. The fourth-order valence-corrected chi connectivity index (χ4v) is 1.79. The number of benzene rings is 2. The van der Waals surface area contributed by atoms with E-state index in [1.807, 2.05) is 0 Å². The summed E-state index contributed by atoms with van der Waals surface area (Å²) in [5, 5.41) is 10.1. The summed E-state index contributed by atoms with van der Waals surface area (Å²) in [6, 6.07) is 11.1. The van der Waals surface area contributed by atoms with E-state index in [9.17, 15) is 9.90 Å². The molecule has 0 saturated heterocycles. The van der Waals surface area contributed by atoms with Crippen molar-refractivity contribution in [3.05, 3.63) is 63.6 Å². The summed E-state index contributed by atoms with van der Waals surface area (Å²) >= 11 is 11.6. The van der Waals surface area contributed by atoms with Gasteiger partial charge in [0.2, 0.25) is 0 Å². The normalized spacial score (nSPS) is 10.2. The first kappa shape index (κ1) is 12.0. The van der Waals surface area contributed by atoms with Gasteiger partial charge in [-0.2, -0.15) is 0 Å². The zero-order chi connectivity index (χ0) is 12.4. The van der Waals surface area contributed by atoms with Crippen molar-refractivity contribution in [2.75, 3.05) is 0 Å². The van der Waals surface area contributed by atoms with E-state index in [0.717, 1.165) is 0 Å². The second-order valence-corrected chi connectivity index (χ2v) is 4.29. The summed E-state index contributed by atoms with van der Waals surface area (Å²) in [4.78, 5) is 12.1. The average molecular weight is 267 g/mol. The Morgan fingerprint density at radius 3 is 2.29 bits per heavy atom. The molecule has 17 heavy (non-hydrogen) atoms. The second kappa shape index (κ2) is 4.78. The van der Waals surface area contributed by atoms with E-state index in [1.54, 1.807) is 36.4 Å². The quantitative estimate of drug-likeness (QED) is 0.837. The summed E-state index contributed by atoms with van der Waals surface area (Å²) in [6.07, 6.45) is 0. The van der Waals surface area contributed by atoms with Crippen LogP contribution in [0.2, 0.25) is 10.0 Å². The lowest BCUT2D eigenvalue weighted by molar-refractivity contribution is 0.103. The maximum atomic E-state index is 12.1. The van der Waals surface area contributed by atoms with Gasteiger partial charge in [-0.25, -0.2) is 0 Å². The maximum absolute atomic E-state index is 12.1. The molecule has 0 heterocycles. The van der Waals surface area contributed by atoms with Crippen LogP contribution < -0.4 is 0 Å². The number of hydrogen-bond acceptors (Lipinski definition) is 2. The Morgan fingerprint density at radius 1 is 1.00 bits per heavy atom. The van der Waals surface area contributed by atoms with Crippen LogP contribution in [0.15, 0.2) is 42.5 Å². The summed E-state index contributed by atoms with van der Waals surface area (Å²) in [5.41, 5.74) is 0.746. The van der Waals surface area contributed by atoms with Crippen molar-refractivity contribution in [1.29, 1.82) is 0 Å².